The number of hydrogen-bond acceptors (Lipinski definition) is 5. The van der Waals surface area contributed by atoms with Crippen molar-refractivity contribution in [3.05, 3.63) is 59.7 Å². The molecule has 2 amide bonds. The maximum Gasteiger partial charge on any atom is 0.407 e. The Kier molecular flexibility index (Phi) is 6.47. The SMILES string of the molecule is C[C@H]1[C@@H](C(=O)O)CCCN1C(=O)[C@H]1OCC[C@H]1NC(=O)OCC1c2ccccc2-c2ccccc21. The highest BCUT2D eigenvalue weighted by Crippen LogP contribution is 2.44. The van der Waals surface area contributed by atoms with Crippen LogP contribution >= 0.6 is 0 Å². The largest absolute Gasteiger partial charge is 0.481 e. The molecule has 3 aliphatic rings. The Morgan fingerprint density at radius 2 is 1.71 bits per heavy atom. The molecule has 2 N–H and O–H groups in total. The third kappa shape index (κ3) is 4.38. The topological polar surface area (TPSA) is 105 Å². The molecule has 0 radical (unpaired) electrons. The smallest absolute Gasteiger partial charge is 0.407 e. The molecule has 2 fully saturated rings. The van der Waals surface area contributed by atoms with Crippen molar-refractivity contribution in [2.75, 3.05) is 19.8 Å². The Morgan fingerprint density at radius 1 is 1.06 bits per heavy atom. The summed E-state index contributed by atoms with van der Waals surface area (Å²) >= 11 is 0. The number of alkyl carbamates (subject to hydrolysis) is 1. The summed E-state index contributed by atoms with van der Waals surface area (Å²) < 4.78 is 11.3. The second-order valence-corrected chi connectivity index (χ2v) is 9.52. The van der Waals surface area contributed by atoms with Crippen LogP contribution in [0.2, 0.25) is 0 Å². The number of carboxylic acid groups (broad SMARTS) is 1. The van der Waals surface area contributed by atoms with Crippen LogP contribution in [0.1, 0.15) is 43.2 Å². The fraction of sp³-hybridized carbons (Fsp3) is 0.444. The predicted molar refractivity (Wildman–Crippen MR) is 128 cm³/mol. The number of amides is 2. The second-order valence-electron chi connectivity index (χ2n) is 9.52. The summed E-state index contributed by atoms with van der Waals surface area (Å²) in [6.45, 7) is 2.78. The van der Waals surface area contributed by atoms with Gasteiger partial charge in [0.1, 0.15) is 6.61 Å². The number of ether oxygens (including phenoxy) is 2. The maximum absolute atomic E-state index is 13.2. The molecule has 0 bridgehead atoms. The molecule has 0 aromatic heterocycles. The first-order chi connectivity index (χ1) is 17.0. The van der Waals surface area contributed by atoms with Gasteiger partial charge in [-0.1, -0.05) is 48.5 Å². The van der Waals surface area contributed by atoms with Crippen LogP contribution in [0.3, 0.4) is 0 Å². The van der Waals surface area contributed by atoms with Crippen molar-refractivity contribution < 1.29 is 29.0 Å². The first-order valence-corrected chi connectivity index (χ1v) is 12.2. The van der Waals surface area contributed by atoms with E-state index >= 15 is 0 Å². The molecule has 2 aliphatic heterocycles. The lowest BCUT2D eigenvalue weighted by Gasteiger charge is -2.39. The lowest BCUT2D eigenvalue weighted by Crippen LogP contribution is -2.56. The van der Waals surface area contributed by atoms with E-state index in [-0.39, 0.29) is 18.4 Å². The highest BCUT2D eigenvalue weighted by Gasteiger charge is 2.43. The van der Waals surface area contributed by atoms with E-state index in [2.05, 4.69) is 29.6 Å². The third-order valence-electron chi connectivity index (χ3n) is 7.57. The zero-order valence-corrected chi connectivity index (χ0v) is 19.7. The Hall–Kier alpha value is -3.39. The molecule has 2 aromatic carbocycles. The number of fused-ring (bicyclic) bond motifs is 3. The summed E-state index contributed by atoms with van der Waals surface area (Å²) in [5.74, 6) is -1.81. The quantitative estimate of drug-likeness (QED) is 0.683. The van der Waals surface area contributed by atoms with Crippen LogP contribution in [0.15, 0.2) is 48.5 Å². The molecular formula is C27H30N2O6. The molecule has 0 spiro atoms. The molecule has 2 heterocycles. The van der Waals surface area contributed by atoms with Gasteiger partial charge in [0.05, 0.1) is 12.0 Å². The van der Waals surface area contributed by atoms with Crippen LogP contribution in [-0.4, -0.2) is 65.9 Å². The van der Waals surface area contributed by atoms with E-state index in [1.165, 1.54) is 0 Å². The Balaban J connectivity index is 1.22. The molecule has 0 saturated carbocycles. The lowest BCUT2D eigenvalue weighted by atomic mass is 9.89. The highest BCUT2D eigenvalue weighted by atomic mass is 16.6. The first kappa shape index (κ1) is 23.4. The van der Waals surface area contributed by atoms with E-state index in [4.69, 9.17) is 9.47 Å². The molecule has 35 heavy (non-hydrogen) atoms. The van der Waals surface area contributed by atoms with Crippen molar-refractivity contribution in [2.45, 2.75) is 50.3 Å². The van der Waals surface area contributed by atoms with Crippen LogP contribution < -0.4 is 5.32 Å². The maximum atomic E-state index is 13.2. The van der Waals surface area contributed by atoms with Gasteiger partial charge in [0, 0.05) is 25.1 Å². The molecule has 8 heteroatoms. The number of nitrogens with one attached hydrogen (secondary N) is 1. The van der Waals surface area contributed by atoms with Crippen molar-refractivity contribution in [3.8, 4) is 11.1 Å². The van der Waals surface area contributed by atoms with E-state index < -0.39 is 36.2 Å². The molecule has 8 nitrogen and oxygen atoms in total. The minimum Gasteiger partial charge on any atom is -0.481 e. The van der Waals surface area contributed by atoms with E-state index in [0.29, 0.717) is 32.4 Å². The summed E-state index contributed by atoms with van der Waals surface area (Å²) in [6, 6.07) is 15.3. The van der Waals surface area contributed by atoms with Gasteiger partial charge in [-0.15, -0.1) is 0 Å². The fourth-order valence-electron chi connectivity index (χ4n) is 5.72. The molecule has 184 valence electrons. The average molecular weight is 479 g/mol. The van der Waals surface area contributed by atoms with E-state index in [0.717, 1.165) is 22.3 Å². The number of rotatable bonds is 5. The number of carboxylic acids is 1. The Bertz CT molecular complexity index is 1090. The molecule has 5 rings (SSSR count). The summed E-state index contributed by atoms with van der Waals surface area (Å²) in [4.78, 5) is 39.1. The predicted octanol–water partition coefficient (Wildman–Crippen LogP) is 3.39. The first-order valence-electron chi connectivity index (χ1n) is 12.2. The van der Waals surface area contributed by atoms with Crippen LogP contribution in [0.4, 0.5) is 4.79 Å². The van der Waals surface area contributed by atoms with E-state index in [1.807, 2.05) is 24.3 Å². The van der Waals surface area contributed by atoms with Crippen molar-refractivity contribution in [1.82, 2.24) is 10.2 Å². The number of hydrogen-bond donors (Lipinski definition) is 2. The molecular weight excluding hydrogens is 448 g/mol. The summed E-state index contributed by atoms with van der Waals surface area (Å²) in [7, 11) is 0. The van der Waals surface area contributed by atoms with Gasteiger partial charge in [-0.3, -0.25) is 9.59 Å². The van der Waals surface area contributed by atoms with Gasteiger partial charge in [0.15, 0.2) is 6.10 Å². The van der Waals surface area contributed by atoms with Gasteiger partial charge in [-0.25, -0.2) is 4.79 Å². The average Bonchev–Trinajstić information content (AvgIpc) is 3.44. The van der Waals surface area contributed by atoms with Crippen molar-refractivity contribution in [2.24, 2.45) is 5.92 Å². The van der Waals surface area contributed by atoms with Crippen LogP contribution in [0.5, 0.6) is 0 Å². The number of piperidine rings is 1. The number of carbonyl (C=O) groups is 3. The van der Waals surface area contributed by atoms with Crippen LogP contribution in [-0.2, 0) is 19.1 Å². The fourth-order valence-corrected chi connectivity index (χ4v) is 5.72. The van der Waals surface area contributed by atoms with Gasteiger partial charge in [-0.2, -0.15) is 0 Å². The molecule has 2 aromatic rings. The van der Waals surface area contributed by atoms with Gasteiger partial charge in [0.25, 0.3) is 5.91 Å². The molecule has 4 atom stereocenters. The number of nitrogens with zero attached hydrogens (tertiary/aromatic N) is 1. The van der Waals surface area contributed by atoms with E-state index in [1.54, 1.807) is 11.8 Å². The summed E-state index contributed by atoms with van der Waals surface area (Å²) in [5.41, 5.74) is 4.57. The minimum atomic E-state index is -0.893. The molecule has 1 aliphatic carbocycles. The molecule has 0 unspecified atom stereocenters. The van der Waals surface area contributed by atoms with Crippen LogP contribution in [0, 0.1) is 5.92 Å². The van der Waals surface area contributed by atoms with Gasteiger partial charge in [-0.05, 0) is 48.4 Å². The van der Waals surface area contributed by atoms with E-state index in [9.17, 15) is 19.5 Å². The van der Waals surface area contributed by atoms with Crippen molar-refractivity contribution >= 4 is 18.0 Å². The van der Waals surface area contributed by atoms with Crippen molar-refractivity contribution in [3.63, 3.8) is 0 Å². The minimum absolute atomic E-state index is 0.0486. The van der Waals surface area contributed by atoms with Crippen LogP contribution in [0.25, 0.3) is 11.1 Å². The zero-order chi connectivity index (χ0) is 24.5. The van der Waals surface area contributed by atoms with Gasteiger partial charge >= 0.3 is 12.1 Å². The normalized spacial score (nSPS) is 25.6. The number of aliphatic carboxylic acids is 1. The van der Waals surface area contributed by atoms with Gasteiger partial charge in [0.2, 0.25) is 0 Å². The second kappa shape index (κ2) is 9.70. The Morgan fingerprint density at radius 3 is 2.37 bits per heavy atom. The summed E-state index contributed by atoms with van der Waals surface area (Å²) in [6.07, 6.45) is 0.239. The lowest BCUT2D eigenvalue weighted by molar-refractivity contribution is -0.153. The number of benzene rings is 2. The zero-order valence-electron chi connectivity index (χ0n) is 19.7. The standard InChI is InChI=1S/C27H30N2O6/c1-16-17(26(31)32)11-6-13-29(16)25(30)24-23(12-14-34-24)28-27(33)35-15-22-20-9-4-2-7-18(20)19-8-3-5-10-21(19)22/h2-5,7-10,16-17,22-24H,6,11-15H2,1H3,(H,28,33)(H,31,32)/t16-,17-,23+,24-/m0/s1. The third-order valence-corrected chi connectivity index (χ3v) is 7.57. The highest BCUT2D eigenvalue weighted by molar-refractivity contribution is 5.84. The van der Waals surface area contributed by atoms with Gasteiger partial charge < -0.3 is 24.8 Å². The number of likely N-dealkylation sites (tertiary alicyclic amines) is 1. The van der Waals surface area contributed by atoms with Crippen molar-refractivity contribution in [1.29, 1.82) is 0 Å². The number of carbonyl (C=O) groups excluding carboxylic acids is 2. The summed E-state index contributed by atoms with van der Waals surface area (Å²) in [5, 5.41) is 12.3. The molecule has 2 saturated heterocycles. The monoisotopic (exact) mass is 478 g/mol. The Labute approximate surface area is 204 Å².